The van der Waals surface area contributed by atoms with Gasteiger partial charge in [0, 0.05) is 0 Å². The van der Waals surface area contributed by atoms with Crippen molar-refractivity contribution in [2.45, 2.75) is 22.6 Å². The van der Waals surface area contributed by atoms with E-state index in [-0.39, 0.29) is 0 Å². The number of para-hydroxylation sites is 2. The molecule has 0 N–H and O–H groups in total. The summed E-state index contributed by atoms with van der Waals surface area (Å²) in [5.74, 6) is 1.86. The topological polar surface area (TPSA) is 18.5 Å². The Morgan fingerprint density at radius 3 is 1.52 bits per heavy atom. The summed E-state index contributed by atoms with van der Waals surface area (Å²) in [6, 6.07) is 16.6. The first kappa shape index (κ1) is 20.8. The van der Waals surface area contributed by atoms with Crippen LogP contribution in [-0.2, 0) is 21.1 Å². The zero-order valence-electron chi connectivity index (χ0n) is 16.6. The zero-order valence-corrected chi connectivity index (χ0v) is 20.7. The van der Waals surface area contributed by atoms with E-state index in [4.69, 9.17) is 5.63 Å². The maximum absolute atomic E-state index is 7.04. The van der Waals surface area contributed by atoms with Crippen molar-refractivity contribution in [3.63, 3.8) is 0 Å². The molecule has 0 fully saturated rings. The van der Waals surface area contributed by atoms with Gasteiger partial charge >= 0.3 is 188 Å². The summed E-state index contributed by atoms with van der Waals surface area (Å²) in [6.45, 7) is 0. The van der Waals surface area contributed by atoms with E-state index in [9.17, 15) is 0 Å². The molecule has 0 unspecified atom stereocenters. The standard InChI is InChI=1S/2C7H8OS.2C5H5.Zr/c2*1-9-7-5-3-2-4-6(7)8;2*1-2-4-5-3-1;/h2*2-5,8H,1H3;2*1-3H,4H2;/q;;;;+2/p-2. The molecule has 0 saturated carbocycles. The molecular formula is C24H24O2S2Zr. The molecule has 0 atom stereocenters. The number of hydrogen-bond acceptors (Lipinski definition) is 4. The van der Waals surface area contributed by atoms with Crippen molar-refractivity contribution in [3.8, 4) is 11.5 Å². The van der Waals surface area contributed by atoms with Gasteiger partial charge in [0.05, 0.1) is 0 Å². The third kappa shape index (κ3) is 4.38. The number of thioether (sulfide) groups is 2. The van der Waals surface area contributed by atoms with Crippen LogP contribution in [0.25, 0.3) is 0 Å². The second-order valence-corrected chi connectivity index (χ2v) is 15.7. The fourth-order valence-electron chi connectivity index (χ4n) is 3.59. The van der Waals surface area contributed by atoms with Crippen molar-refractivity contribution in [1.29, 1.82) is 0 Å². The van der Waals surface area contributed by atoms with Crippen molar-refractivity contribution in [1.82, 2.24) is 0 Å². The normalized spacial score (nSPS) is 15.4. The van der Waals surface area contributed by atoms with E-state index in [1.807, 2.05) is 12.1 Å². The van der Waals surface area contributed by atoms with Gasteiger partial charge in [-0.25, -0.2) is 0 Å². The fraction of sp³-hybridized carbons (Fsp3) is 0.167. The second kappa shape index (κ2) is 9.59. The molecular weight excluding hydrogens is 476 g/mol. The average molecular weight is 500 g/mol. The minimum absolute atomic E-state index is 0.899. The first-order chi connectivity index (χ1) is 14.3. The number of rotatable bonds is 8. The van der Waals surface area contributed by atoms with E-state index in [1.165, 1.54) is 6.56 Å². The van der Waals surface area contributed by atoms with Crippen LogP contribution in [0, 0.1) is 0 Å². The van der Waals surface area contributed by atoms with Crippen LogP contribution in [0.5, 0.6) is 11.5 Å². The van der Waals surface area contributed by atoms with Crippen LogP contribution in [-0.4, -0.2) is 12.5 Å². The molecule has 2 aromatic carbocycles. The molecule has 29 heavy (non-hydrogen) atoms. The van der Waals surface area contributed by atoms with Gasteiger partial charge in [-0.15, -0.1) is 0 Å². The molecule has 0 aliphatic heterocycles. The van der Waals surface area contributed by atoms with Crippen LogP contribution in [0.4, 0.5) is 0 Å². The van der Waals surface area contributed by atoms with Crippen molar-refractivity contribution in [2.75, 3.05) is 12.5 Å². The third-order valence-electron chi connectivity index (χ3n) is 5.03. The molecule has 148 valence electrons. The predicted molar refractivity (Wildman–Crippen MR) is 121 cm³/mol. The fourth-order valence-corrected chi connectivity index (χ4v) is 13.3. The summed E-state index contributed by atoms with van der Waals surface area (Å²) >= 11 is -0.509. The Balaban J connectivity index is 1.84. The van der Waals surface area contributed by atoms with Gasteiger partial charge in [0.1, 0.15) is 0 Å². The molecule has 0 radical (unpaired) electrons. The van der Waals surface area contributed by atoms with Gasteiger partial charge in [-0.3, -0.25) is 0 Å². The van der Waals surface area contributed by atoms with Crippen molar-refractivity contribution in [2.24, 2.45) is 0 Å². The molecule has 0 heterocycles. The van der Waals surface area contributed by atoms with Gasteiger partial charge in [-0.2, -0.15) is 0 Å². The summed E-state index contributed by atoms with van der Waals surface area (Å²) < 4.78 is 16.7. The van der Waals surface area contributed by atoms with E-state index in [0.717, 1.165) is 34.1 Å². The molecule has 2 nitrogen and oxygen atoms in total. The molecule has 2 aromatic rings. The Bertz CT molecular complexity index is 926. The third-order valence-corrected chi connectivity index (χ3v) is 15.1. The van der Waals surface area contributed by atoms with Gasteiger partial charge < -0.3 is 0 Å². The molecule has 4 rings (SSSR count). The van der Waals surface area contributed by atoms with Gasteiger partial charge in [-0.05, 0) is 0 Å². The van der Waals surface area contributed by atoms with E-state index >= 15 is 0 Å². The number of allylic oxidation sites excluding steroid dienone is 8. The SMILES string of the molecule is CSc1ccccc1[O][Zr]([O]c1ccccc1SC)([C]1=CC=CC1)[C]1=CC=CC1. The first-order valence-corrected chi connectivity index (χ1v) is 16.5. The Hall–Kier alpha value is -1.42. The monoisotopic (exact) mass is 498 g/mol. The summed E-state index contributed by atoms with van der Waals surface area (Å²) in [6.07, 6.45) is 19.1. The molecule has 0 saturated heterocycles. The Morgan fingerprint density at radius 1 is 0.690 bits per heavy atom. The predicted octanol–water partition coefficient (Wildman–Crippen LogP) is 7.26. The van der Waals surface area contributed by atoms with Crippen molar-refractivity contribution in [3.05, 3.63) is 91.5 Å². The van der Waals surface area contributed by atoms with Crippen LogP contribution in [0.1, 0.15) is 12.8 Å². The Labute approximate surface area is 187 Å². The van der Waals surface area contributed by atoms with Gasteiger partial charge in [0.25, 0.3) is 0 Å². The van der Waals surface area contributed by atoms with Crippen LogP contribution in [0.2, 0.25) is 0 Å². The van der Waals surface area contributed by atoms with E-state index in [0.29, 0.717) is 0 Å². The second-order valence-electron chi connectivity index (χ2n) is 6.77. The average Bonchev–Trinajstić information content (AvgIpc) is 3.48. The zero-order chi connectivity index (χ0) is 20.1. The van der Waals surface area contributed by atoms with Crippen LogP contribution in [0.3, 0.4) is 0 Å². The number of hydrogen-bond donors (Lipinski definition) is 0. The van der Waals surface area contributed by atoms with E-state index < -0.39 is 21.1 Å². The molecule has 5 heteroatoms. The molecule has 2 aliphatic rings. The molecule has 0 bridgehead atoms. The maximum atomic E-state index is 7.04. The Kier molecular flexibility index (Phi) is 6.89. The summed E-state index contributed by atoms with van der Waals surface area (Å²) in [7, 11) is 0. The minimum atomic E-state index is -3.94. The van der Waals surface area contributed by atoms with Gasteiger partial charge in [0.15, 0.2) is 0 Å². The van der Waals surface area contributed by atoms with Crippen LogP contribution in [0.15, 0.2) is 101 Å². The summed E-state index contributed by atoms with van der Waals surface area (Å²) in [5.41, 5.74) is 0. The molecule has 0 amide bonds. The molecule has 2 aliphatic carbocycles. The molecule has 0 spiro atoms. The van der Waals surface area contributed by atoms with Crippen LogP contribution >= 0.6 is 23.5 Å². The van der Waals surface area contributed by atoms with Crippen molar-refractivity contribution < 1.29 is 26.8 Å². The quantitative estimate of drug-likeness (QED) is 0.356. The Morgan fingerprint density at radius 2 is 1.14 bits per heavy atom. The summed E-state index contributed by atoms with van der Waals surface area (Å²) in [4.78, 5) is 2.29. The van der Waals surface area contributed by atoms with Gasteiger partial charge in [0.2, 0.25) is 0 Å². The number of benzene rings is 2. The van der Waals surface area contributed by atoms with Crippen molar-refractivity contribution >= 4 is 23.5 Å². The van der Waals surface area contributed by atoms with E-state index in [2.05, 4.69) is 85.4 Å². The molecule has 0 aromatic heterocycles. The summed E-state index contributed by atoms with van der Waals surface area (Å²) in [5, 5.41) is 0. The first-order valence-electron chi connectivity index (χ1n) is 9.63. The van der Waals surface area contributed by atoms with E-state index in [1.54, 1.807) is 23.5 Å². The van der Waals surface area contributed by atoms with Gasteiger partial charge in [-0.1, -0.05) is 0 Å². The van der Waals surface area contributed by atoms with Crippen LogP contribution < -0.4 is 5.63 Å².